The average Bonchev–Trinajstić information content (AvgIpc) is 2.23. The Labute approximate surface area is 81.5 Å². The lowest BCUT2D eigenvalue weighted by Crippen LogP contribution is -2.37. The molecule has 0 bridgehead atoms. The van der Waals surface area contributed by atoms with Crippen LogP contribution >= 0.6 is 0 Å². The molecule has 0 amide bonds. The molecule has 76 valence electrons. The first-order valence-electron chi connectivity index (χ1n) is 4.77. The van der Waals surface area contributed by atoms with Gasteiger partial charge in [0.25, 0.3) is 0 Å². The van der Waals surface area contributed by atoms with E-state index in [1.165, 1.54) is 6.20 Å². The van der Waals surface area contributed by atoms with Crippen LogP contribution in [0.1, 0.15) is 12.8 Å². The van der Waals surface area contributed by atoms with E-state index in [-0.39, 0.29) is 11.8 Å². The summed E-state index contributed by atoms with van der Waals surface area (Å²) in [5.74, 6) is 0.623. The third kappa shape index (κ3) is 2.32. The molecule has 0 spiro atoms. The zero-order chi connectivity index (χ0) is 9.80. The first-order chi connectivity index (χ1) is 6.84. The van der Waals surface area contributed by atoms with Crippen LogP contribution in [-0.2, 0) is 0 Å². The van der Waals surface area contributed by atoms with Crippen molar-refractivity contribution in [3.8, 4) is 5.75 Å². The van der Waals surface area contributed by atoms with Crippen LogP contribution in [0.3, 0.4) is 0 Å². The van der Waals surface area contributed by atoms with Gasteiger partial charge in [0, 0.05) is 12.7 Å². The number of hydrogen-bond acceptors (Lipinski definition) is 4. The van der Waals surface area contributed by atoms with Crippen molar-refractivity contribution in [1.29, 1.82) is 0 Å². The standard InChI is InChI=1S/C9H13N3O2/c13-9-11-5-8(6-12-9)14-7-2-1-3-10-4-7/h5-7,10H,1-4H2,(H,11,12,13). The van der Waals surface area contributed by atoms with Crippen molar-refractivity contribution in [3.63, 3.8) is 0 Å². The highest BCUT2D eigenvalue weighted by molar-refractivity contribution is 5.10. The van der Waals surface area contributed by atoms with E-state index in [9.17, 15) is 4.79 Å². The van der Waals surface area contributed by atoms with Crippen LogP contribution < -0.4 is 15.7 Å². The van der Waals surface area contributed by atoms with Crippen LogP contribution in [0.4, 0.5) is 0 Å². The van der Waals surface area contributed by atoms with Gasteiger partial charge >= 0.3 is 5.69 Å². The molecule has 0 saturated carbocycles. The molecule has 1 fully saturated rings. The van der Waals surface area contributed by atoms with E-state index >= 15 is 0 Å². The highest BCUT2D eigenvalue weighted by Gasteiger charge is 2.14. The number of nitrogens with zero attached hydrogens (tertiary/aromatic N) is 1. The molecule has 2 rings (SSSR count). The van der Waals surface area contributed by atoms with Crippen LogP contribution in [0.2, 0.25) is 0 Å². The largest absolute Gasteiger partial charge is 0.486 e. The first kappa shape index (κ1) is 9.21. The van der Waals surface area contributed by atoms with Crippen molar-refractivity contribution in [1.82, 2.24) is 15.3 Å². The second-order valence-electron chi connectivity index (χ2n) is 3.34. The molecule has 1 saturated heterocycles. The molecular weight excluding hydrogens is 182 g/mol. The minimum Gasteiger partial charge on any atom is -0.486 e. The molecule has 1 aliphatic rings. The lowest BCUT2D eigenvalue weighted by atomic mass is 10.1. The van der Waals surface area contributed by atoms with Gasteiger partial charge in [-0.05, 0) is 19.4 Å². The van der Waals surface area contributed by atoms with Crippen LogP contribution in [0.25, 0.3) is 0 Å². The molecule has 5 nitrogen and oxygen atoms in total. The molecule has 2 heterocycles. The lowest BCUT2D eigenvalue weighted by Gasteiger charge is -2.23. The Morgan fingerprint density at radius 2 is 2.50 bits per heavy atom. The van der Waals surface area contributed by atoms with Crippen molar-refractivity contribution in [2.45, 2.75) is 18.9 Å². The summed E-state index contributed by atoms with van der Waals surface area (Å²) in [4.78, 5) is 16.7. The second-order valence-corrected chi connectivity index (χ2v) is 3.34. The number of rotatable bonds is 2. The smallest absolute Gasteiger partial charge is 0.345 e. The van der Waals surface area contributed by atoms with E-state index in [1.54, 1.807) is 6.20 Å². The number of aromatic amines is 1. The molecule has 1 aromatic rings. The van der Waals surface area contributed by atoms with Gasteiger partial charge in [-0.25, -0.2) is 4.79 Å². The number of aromatic nitrogens is 2. The van der Waals surface area contributed by atoms with Crippen LogP contribution in [0, 0.1) is 0 Å². The van der Waals surface area contributed by atoms with Crippen molar-refractivity contribution in [2.24, 2.45) is 0 Å². The summed E-state index contributed by atoms with van der Waals surface area (Å²) in [7, 11) is 0. The molecule has 5 heteroatoms. The van der Waals surface area contributed by atoms with Crippen molar-refractivity contribution in [2.75, 3.05) is 13.1 Å². The van der Waals surface area contributed by atoms with Crippen molar-refractivity contribution in [3.05, 3.63) is 22.9 Å². The Hall–Kier alpha value is -1.36. The Balaban J connectivity index is 1.96. The number of ether oxygens (including phenoxy) is 1. The topological polar surface area (TPSA) is 67.0 Å². The van der Waals surface area contributed by atoms with Gasteiger partial charge < -0.3 is 15.0 Å². The Kier molecular flexibility index (Phi) is 2.78. The normalized spacial score (nSPS) is 21.9. The number of hydrogen-bond donors (Lipinski definition) is 2. The van der Waals surface area contributed by atoms with E-state index < -0.39 is 0 Å². The zero-order valence-corrected chi connectivity index (χ0v) is 7.82. The van der Waals surface area contributed by atoms with Gasteiger partial charge in [0.15, 0.2) is 5.75 Å². The third-order valence-corrected chi connectivity index (χ3v) is 2.20. The minimum atomic E-state index is -0.348. The van der Waals surface area contributed by atoms with Gasteiger partial charge in [0.1, 0.15) is 6.10 Å². The fourth-order valence-corrected chi connectivity index (χ4v) is 1.51. The molecule has 1 unspecified atom stereocenters. The Bertz CT molecular complexity index is 324. The van der Waals surface area contributed by atoms with Gasteiger partial charge in [-0.15, -0.1) is 0 Å². The maximum absolute atomic E-state index is 10.7. The van der Waals surface area contributed by atoms with E-state index in [0.29, 0.717) is 5.75 Å². The zero-order valence-electron chi connectivity index (χ0n) is 7.82. The quantitative estimate of drug-likeness (QED) is 0.691. The second kappa shape index (κ2) is 4.23. The number of nitrogens with one attached hydrogen (secondary N) is 2. The van der Waals surface area contributed by atoms with Crippen LogP contribution in [-0.4, -0.2) is 29.2 Å². The van der Waals surface area contributed by atoms with E-state index in [2.05, 4.69) is 15.3 Å². The van der Waals surface area contributed by atoms with Gasteiger partial charge in [0.2, 0.25) is 0 Å². The summed E-state index contributed by atoms with van der Waals surface area (Å²) in [6.45, 7) is 1.92. The number of H-pyrrole nitrogens is 1. The SMILES string of the molecule is O=c1ncc(OC2CCCNC2)c[nH]1. The average molecular weight is 195 g/mol. The molecule has 1 aliphatic heterocycles. The Morgan fingerprint density at radius 3 is 3.14 bits per heavy atom. The molecule has 0 aromatic carbocycles. The molecule has 2 N–H and O–H groups in total. The maximum atomic E-state index is 10.7. The van der Waals surface area contributed by atoms with Gasteiger partial charge in [-0.2, -0.15) is 4.98 Å². The molecule has 0 aliphatic carbocycles. The summed E-state index contributed by atoms with van der Waals surface area (Å²) in [5, 5.41) is 3.25. The Morgan fingerprint density at radius 1 is 1.57 bits per heavy atom. The van der Waals surface area contributed by atoms with Gasteiger partial charge in [0.05, 0.1) is 6.20 Å². The lowest BCUT2D eigenvalue weighted by molar-refractivity contribution is 0.166. The van der Waals surface area contributed by atoms with Gasteiger partial charge in [-0.3, -0.25) is 0 Å². The van der Waals surface area contributed by atoms with Gasteiger partial charge in [-0.1, -0.05) is 0 Å². The first-order valence-corrected chi connectivity index (χ1v) is 4.77. The fourth-order valence-electron chi connectivity index (χ4n) is 1.51. The van der Waals surface area contributed by atoms with Crippen molar-refractivity contribution >= 4 is 0 Å². The molecule has 14 heavy (non-hydrogen) atoms. The number of piperidine rings is 1. The highest BCUT2D eigenvalue weighted by atomic mass is 16.5. The van der Waals surface area contributed by atoms with E-state index in [0.717, 1.165) is 25.9 Å². The highest BCUT2D eigenvalue weighted by Crippen LogP contribution is 2.11. The summed E-state index contributed by atoms with van der Waals surface area (Å²) in [5.41, 5.74) is -0.348. The predicted octanol–water partition coefficient (Wildman–Crippen LogP) is -0.0993. The fraction of sp³-hybridized carbons (Fsp3) is 0.556. The predicted molar refractivity (Wildman–Crippen MR) is 51.4 cm³/mol. The third-order valence-electron chi connectivity index (χ3n) is 2.20. The van der Waals surface area contributed by atoms with Crippen LogP contribution in [0.15, 0.2) is 17.2 Å². The molecule has 0 radical (unpaired) electrons. The molecule has 1 aromatic heterocycles. The van der Waals surface area contributed by atoms with Crippen LogP contribution in [0.5, 0.6) is 5.75 Å². The summed E-state index contributed by atoms with van der Waals surface area (Å²) < 4.78 is 5.62. The summed E-state index contributed by atoms with van der Waals surface area (Å²) >= 11 is 0. The maximum Gasteiger partial charge on any atom is 0.345 e. The summed E-state index contributed by atoms with van der Waals surface area (Å²) in [6.07, 6.45) is 5.36. The van der Waals surface area contributed by atoms with E-state index in [4.69, 9.17) is 4.74 Å². The summed E-state index contributed by atoms with van der Waals surface area (Å²) in [6, 6.07) is 0. The molecular formula is C9H13N3O2. The minimum absolute atomic E-state index is 0.191. The van der Waals surface area contributed by atoms with E-state index in [1.807, 2.05) is 0 Å². The van der Waals surface area contributed by atoms with Crippen molar-refractivity contribution < 1.29 is 4.74 Å². The monoisotopic (exact) mass is 195 g/mol. The molecule has 1 atom stereocenters.